The quantitative estimate of drug-likeness (QED) is 0.660. The maximum atomic E-state index is 13.2. The zero-order chi connectivity index (χ0) is 18.3. The van der Waals surface area contributed by atoms with Crippen LogP contribution >= 0.6 is 0 Å². The third kappa shape index (κ3) is 5.45. The highest BCUT2D eigenvalue weighted by atomic mass is 19.3. The number of carbonyl (C=O) groups excluding carboxylic acids is 2. The summed E-state index contributed by atoms with van der Waals surface area (Å²) in [6, 6.07) is 5.56. The van der Waals surface area contributed by atoms with Crippen molar-refractivity contribution in [2.45, 2.75) is 25.8 Å². The summed E-state index contributed by atoms with van der Waals surface area (Å²) in [6.45, 7) is 1.66. The first kappa shape index (κ1) is 19.8. The number of amides is 2. The molecule has 1 rings (SSSR count). The van der Waals surface area contributed by atoms with Crippen LogP contribution in [0.3, 0.4) is 0 Å². The maximum absolute atomic E-state index is 13.2. The molecule has 1 unspecified atom stereocenters. The van der Waals surface area contributed by atoms with Gasteiger partial charge in [0.2, 0.25) is 5.91 Å². The molecule has 6 nitrogen and oxygen atoms in total. The molecule has 1 atom stereocenters. The van der Waals surface area contributed by atoms with Crippen LogP contribution in [0.15, 0.2) is 24.3 Å². The van der Waals surface area contributed by atoms with Gasteiger partial charge >= 0.3 is 0 Å². The number of rotatable bonds is 8. The molecule has 4 N–H and O–H groups in total. The lowest BCUT2D eigenvalue weighted by atomic mass is 10.0. The third-order valence-electron chi connectivity index (χ3n) is 3.41. The summed E-state index contributed by atoms with van der Waals surface area (Å²) in [6.07, 6.45) is 0. The summed E-state index contributed by atoms with van der Waals surface area (Å²) in [5.41, 5.74) is 5.19. The molecule has 0 bridgehead atoms. The molecule has 0 fully saturated rings. The molecule has 0 radical (unpaired) electrons. The predicted molar refractivity (Wildman–Crippen MR) is 86.1 cm³/mol. The monoisotopic (exact) mass is 343 g/mol. The van der Waals surface area contributed by atoms with Crippen LogP contribution in [0.4, 0.5) is 8.78 Å². The fourth-order valence-electron chi connectivity index (χ4n) is 1.98. The largest absolute Gasteiger partial charge is 0.496 e. The Morgan fingerprint density at radius 3 is 2.46 bits per heavy atom. The highest BCUT2D eigenvalue weighted by Crippen LogP contribution is 2.18. The van der Waals surface area contributed by atoms with Gasteiger partial charge in [0.25, 0.3) is 11.8 Å². The van der Waals surface area contributed by atoms with E-state index in [0.29, 0.717) is 5.75 Å². The topological polar surface area (TPSA) is 93.4 Å². The molecule has 1 aromatic carbocycles. The van der Waals surface area contributed by atoms with E-state index in [2.05, 4.69) is 10.6 Å². The van der Waals surface area contributed by atoms with Crippen molar-refractivity contribution < 1.29 is 23.1 Å². The highest BCUT2D eigenvalue weighted by molar-refractivity contribution is 5.99. The number of para-hydroxylation sites is 1. The minimum atomic E-state index is -3.19. The molecule has 0 aliphatic rings. The number of carbonyl (C=O) groups is 2. The molecule has 134 valence electrons. The van der Waals surface area contributed by atoms with Crippen LogP contribution in [-0.4, -0.2) is 44.0 Å². The Hall–Kier alpha value is -2.22. The molecule has 0 saturated heterocycles. The SMILES string of the molecule is COc1ccccc1C(=O)NC(C(=O)NCC(F)(F)CN)C(C)C. The molecule has 0 aliphatic heterocycles. The minimum absolute atomic E-state index is 0.255. The molecular formula is C16H23F2N3O3. The van der Waals surface area contributed by atoms with Crippen LogP contribution in [0.5, 0.6) is 5.75 Å². The lowest BCUT2D eigenvalue weighted by Gasteiger charge is -2.23. The average Bonchev–Trinajstić information content (AvgIpc) is 2.57. The van der Waals surface area contributed by atoms with E-state index in [-0.39, 0.29) is 11.5 Å². The number of nitrogens with two attached hydrogens (primary N) is 1. The summed E-state index contributed by atoms with van der Waals surface area (Å²) >= 11 is 0. The van der Waals surface area contributed by atoms with E-state index in [4.69, 9.17) is 10.5 Å². The van der Waals surface area contributed by atoms with Crippen molar-refractivity contribution in [2.24, 2.45) is 11.7 Å². The number of alkyl halides is 2. The van der Waals surface area contributed by atoms with E-state index >= 15 is 0 Å². The van der Waals surface area contributed by atoms with Gasteiger partial charge in [-0.1, -0.05) is 26.0 Å². The molecule has 0 heterocycles. The first-order valence-corrected chi connectivity index (χ1v) is 7.51. The van der Waals surface area contributed by atoms with Crippen molar-refractivity contribution in [2.75, 3.05) is 20.2 Å². The van der Waals surface area contributed by atoms with Crippen molar-refractivity contribution in [3.8, 4) is 5.75 Å². The average molecular weight is 343 g/mol. The van der Waals surface area contributed by atoms with Gasteiger partial charge in [-0.05, 0) is 18.1 Å². The second-order valence-corrected chi connectivity index (χ2v) is 5.67. The van der Waals surface area contributed by atoms with Gasteiger partial charge in [0.1, 0.15) is 11.8 Å². The van der Waals surface area contributed by atoms with Crippen molar-refractivity contribution in [3.05, 3.63) is 29.8 Å². The van der Waals surface area contributed by atoms with Gasteiger partial charge in [-0.15, -0.1) is 0 Å². The summed E-state index contributed by atoms with van der Waals surface area (Å²) in [5, 5.41) is 4.68. The molecule has 8 heteroatoms. The van der Waals surface area contributed by atoms with E-state index in [9.17, 15) is 18.4 Å². The Morgan fingerprint density at radius 2 is 1.92 bits per heavy atom. The van der Waals surface area contributed by atoms with E-state index in [1.54, 1.807) is 38.1 Å². The Labute approximate surface area is 139 Å². The number of halogens is 2. The van der Waals surface area contributed by atoms with E-state index in [1.807, 2.05) is 0 Å². The highest BCUT2D eigenvalue weighted by Gasteiger charge is 2.31. The van der Waals surface area contributed by atoms with Crippen LogP contribution in [-0.2, 0) is 4.79 Å². The predicted octanol–water partition coefficient (Wildman–Crippen LogP) is 1.16. The zero-order valence-electron chi connectivity index (χ0n) is 13.9. The molecule has 0 spiro atoms. The van der Waals surface area contributed by atoms with Gasteiger partial charge in [0.15, 0.2) is 0 Å². The Morgan fingerprint density at radius 1 is 1.29 bits per heavy atom. The van der Waals surface area contributed by atoms with Gasteiger partial charge in [-0.3, -0.25) is 9.59 Å². The van der Waals surface area contributed by atoms with E-state index < -0.39 is 36.9 Å². The standard InChI is InChI=1S/C16H23F2N3O3/c1-10(2)13(15(23)20-9-16(17,18)8-19)21-14(22)11-6-4-5-7-12(11)24-3/h4-7,10,13H,8-9,19H2,1-3H3,(H,20,23)(H,21,22). The van der Waals surface area contributed by atoms with Gasteiger partial charge < -0.3 is 21.1 Å². The van der Waals surface area contributed by atoms with Crippen molar-refractivity contribution in [3.63, 3.8) is 0 Å². The lowest BCUT2D eigenvalue weighted by molar-refractivity contribution is -0.125. The van der Waals surface area contributed by atoms with Gasteiger partial charge in [-0.25, -0.2) is 8.78 Å². The van der Waals surface area contributed by atoms with Crippen LogP contribution in [0.2, 0.25) is 0 Å². The fourth-order valence-corrected chi connectivity index (χ4v) is 1.98. The molecule has 1 aromatic rings. The Bertz CT molecular complexity index is 579. The number of hydrogen-bond donors (Lipinski definition) is 3. The smallest absolute Gasteiger partial charge is 0.277 e. The molecule has 0 aliphatic carbocycles. The molecule has 24 heavy (non-hydrogen) atoms. The number of nitrogens with one attached hydrogen (secondary N) is 2. The number of benzene rings is 1. The summed E-state index contributed by atoms with van der Waals surface area (Å²) < 4.78 is 31.4. The van der Waals surface area contributed by atoms with Gasteiger partial charge in [0.05, 0.1) is 25.8 Å². The Balaban J connectivity index is 2.82. The molecular weight excluding hydrogens is 320 g/mol. The summed E-state index contributed by atoms with van der Waals surface area (Å²) in [7, 11) is 1.42. The fraction of sp³-hybridized carbons (Fsp3) is 0.500. The molecule has 0 aromatic heterocycles. The second-order valence-electron chi connectivity index (χ2n) is 5.67. The Kier molecular flexibility index (Phi) is 7.09. The summed E-state index contributed by atoms with van der Waals surface area (Å²) in [4.78, 5) is 24.5. The van der Waals surface area contributed by atoms with Crippen LogP contribution < -0.4 is 21.1 Å². The van der Waals surface area contributed by atoms with Crippen LogP contribution in [0.25, 0.3) is 0 Å². The van der Waals surface area contributed by atoms with Crippen molar-refractivity contribution >= 4 is 11.8 Å². The number of ether oxygens (including phenoxy) is 1. The first-order chi connectivity index (χ1) is 11.2. The lowest BCUT2D eigenvalue weighted by Crippen LogP contribution is -2.52. The number of methoxy groups -OCH3 is 1. The first-order valence-electron chi connectivity index (χ1n) is 7.51. The third-order valence-corrected chi connectivity index (χ3v) is 3.41. The van der Waals surface area contributed by atoms with Gasteiger partial charge in [-0.2, -0.15) is 0 Å². The molecule has 0 saturated carbocycles. The molecule has 2 amide bonds. The van der Waals surface area contributed by atoms with Crippen LogP contribution in [0.1, 0.15) is 24.2 Å². The number of hydrogen-bond acceptors (Lipinski definition) is 4. The second kappa shape index (κ2) is 8.58. The van der Waals surface area contributed by atoms with Gasteiger partial charge in [0, 0.05) is 0 Å². The van der Waals surface area contributed by atoms with E-state index in [1.165, 1.54) is 7.11 Å². The van der Waals surface area contributed by atoms with Crippen LogP contribution in [0, 0.1) is 5.92 Å². The van der Waals surface area contributed by atoms with E-state index in [0.717, 1.165) is 0 Å². The van der Waals surface area contributed by atoms with Crippen molar-refractivity contribution in [1.82, 2.24) is 10.6 Å². The summed E-state index contributed by atoms with van der Waals surface area (Å²) in [5.74, 6) is -4.35. The minimum Gasteiger partial charge on any atom is -0.496 e. The zero-order valence-corrected chi connectivity index (χ0v) is 13.9. The normalized spacial score (nSPS) is 12.6. The maximum Gasteiger partial charge on any atom is 0.277 e. The van der Waals surface area contributed by atoms with Crippen molar-refractivity contribution in [1.29, 1.82) is 0 Å².